The number of imidazole rings is 1. The van der Waals surface area contributed by atoms with E-state index in [2.05, 4.69) is 20.2 Å². The number of thioether (sulfide) groups is 1. The highest BCUT2D eigenvalue weighted by molar-refractivity contribution is 7.98. The zero-order chi connectivity index (χ0) is 18.4. The lowest BCUT2D eigenvalue weighted by molar-refractivity contribution is 0.0952. The Kier molecular flexibility index (Phi) is 6.30. The fraction of sp³-hybridized carbons (Fsp3) is 0.300. The van der Waals surface area contributed by atoms with E-state index in [0.717, 1.165) is 34.9 Å². The molecule has 136 valence electrons. The summed E-state index contributed by atoms with van der Waals surface area (Å²) in [4.78, 5) is 22.1. The van der Waals surface area contributed by atoms with Crippen LogP contribution in [0.5, 0.6) is 0 Å². The molecule has 1 aromatic heterocycles. The summed E-state index contributed by atoms with van der Waals surface area (Å²) in [5, 5.41) is 3.87. The van der Waals surface area contributed by atoms with E-state index in [-0.39, 0.29) is 5.91 Å². The second-order valence-electron chi connectivity index (χ2n) is 6.46. The zero-order valence-corrected chi connectivity index (χ0v) is 16.0. The van der Waals surface area contributed by atoms with Crippen LogP contribution in [0.4, 0.5) is 0 Å². The van der Waals surface area contributed by atoms with Gasteiger partial charge in [-0.3, -0.25) is 4.79 Å². The number of carbonyl (C=O) groups excluding carboxylic acids is 1. The molecule has 2 aromatic carbocycles. The third kappa shape index (κ3) is 5.09. The van der Waals surface area contributed by atoms with Crippen LogP contribution in [0, 0.1) is 0 Å². The number of hydrogen-bond donors (Lipinski definition) is 2. The summed E-state index contributed by atoms with van der Waals surface area (Å²) in [6, 6.07) is 15.8. The third-order valence-electron chi connectivity index (χ3n) is 4.03. The Labute approximate surface area is 158 Å². The van der Waals surface area contributed by atoms with Crippen molar-refractivity contribution < 1.29 is 4.79 Å². The van der Waals surface area contributed by atoms with Crippen LogP contribution in [-0.4, -0.2) is 48.0 Å². The number of H-pyrrole nitrogens is 1. The molecule has 2 N–H and O–H groups in total. The maximum absolute atomic E-state index is 12.1. The molecule has 0 unspecified atom stereocenters. The molecule has 0 spiro atoms. The molecule has 0 aliphatic heterocycles. The molecule has 0 fully saturated rings. The van der Waals surface area contributed by atoms with Crippen LogP contribution in [0.1, 0.15) is 22.3 Å². The molecule has 0 radical (unpaired) electrons. The second kappa shape index (κ2) is 8.87. The minimum Gasteiger partial charge on any atom is -0.352 e. The van der Waals surface area contributed by atoms with Crippen LogP contribution in [0.15, 0.2) is 53.7 Å². The molecule has 1 heterocycles. The number of hydrogen-bond acceptors (Lipinski definition) is 4. The van der Waals surface area contributed by atoms with E-state index in [9.17, 15) is 4.79 Å². The van der Waals surface area contributed by atoms with Crippen LogP contribution >= 0.6 is 11.8 Å². The maximum Gasteiger partial charge on any atom is 0.251 e. The SMILES string of the molecule is CN(C)CCCNC(=O)c1ccc(CSc2nc3ccccc3[nH]2)cc1. The van der Waals surface area contributed by atoms with Crippen LogP contribution in [0.2, 0.25) is 0 Å². The molecule has 0 atom stereocenters. The van der Waals surface area contributed by atoms with Crippen LogP contribution in [0.25, 0.3) is 11.0 Å². The van der Waals surface area contributed by atoms with Gasteiger partial charge in [0.05, 0.1) is 11.0 Å². The summed E-state index contributed by atoms with van der Waals surface area (Å²) in [6.45, 7) is 1.67. The first-order chi connectivity index (χ1) is 12.6. The van der Waals surface area contributed by atoms with Gasteiger partial charge in [-0.2, -0.15) is 0 Å². The first-order valence-corrected chi connectivity index (χ1v) is 9.70. The molecule has 0 aliphatic rings. The van der Waals surface area contributed by atoms with E-state index in [0.29, 0.717) is 12.1 Å². The number of nitrogens with one attached hydrogen (secondary N) is 2. The lowest BCUT2D eigenvalue weighted by atomic mass is 10.1. The number of aromatic nitrogens is 2. The largest absolute Gasteiger partial charge is 0.352 e. The Morgan fingerprint density at radius 3 is 2.65 bits per heavy atom. The van der Waals surface area contributed by atoms with E-state index in [1.807, 2.05) is 62.6 Å². The molecule has 0 saturated heterocycles. The number of fused-ring (bicyclic) bond motifs is 1. The normalized spacial score (nSPS) is 11.2. The molecule has 1 amide bonds. The average molecular weight is 369 g/mol. The molecule has 0 aliphatic carbocycles. The third-order valence-corrected chi connectivity index (χ3v) is 4.97. The lowest BCUT2D eigenvalue weighted by Crippen LogP contribution is -2.27. The van der Waals surface area contributed by atoms with Crippen molar-refractivity contribution in [1.29, 1.82) is 0 Å². The maximum atomic E-state index is 12.1. The van der Waals surface area contributed by atoms with Gasteiger partial charge in [-0.25, -0.2) is 4.98 Å². The number of nitrogens with zero attached hydrogens (tertiary/aromatic N) is 2. The van der Waals surface area contributed by atoms with Gasteiger partial charge in [0.1, 0.15) is 0 Å². The Morgan fingerprint density at radius 1 is 1.15 bits per heavy atom. The molecular formula is C20H24N4OS. The summed E-state index contributed by atoms with van der Waals surface area (Å²) in [5.41, 5.74) is 3.90. The van der Waals surface area contributed by atoms with E-state index in [1.165, 1.54) is 5.56 Å². The van der Waals surface area contributed by atoms with Crippen molar-refractivity contribution in [3.8, 4) is 0 Å². The molecule has 3 rings (SSSR count). The van der Waals surface area contributed by atoms with Crippen LogP contribution in [0.3, 0.4) is 0 Å². The second-order valence-corrected chi connectivity index (χ2v) is 7.42. The fourth-order valence-corrected chi connectivity index (χ4v) is 3.44. The highest BCUT2D eigenvalue weighted by atomic mass is 32.2. The summed E-state index contributed by atoms with van der Waals surface area (Å²) < 4.78 is 0. The predicted molar refractivity (Wildman–Crippen MR) is 108 cm³/mol. The minimum atomic E-state index is -0.0137. The van der Waals surface area contributed by atoms with Gasteiger partial charge < -0.3 is 15.2 Å². The Bertz CT molecular complexity index is 825. The summed E-state index contributed by atoms with van der Waals surface area (Å²) in [6.07, 6.45) is 0.949. The highest BCUT2D eigenvalue weighted by Gasteiger charge is 2.06. The summed E-state index contributed by atoms with van der Waals surface area (Å²) in [7, 11) is 4.06. The van der Waals surface area contributed by atoms with Gasteiger partial charge >= 0.3 is 0 Å². The summed E-state index contributed by atoms with van der Waals surface area (Å²) in [5.74, 6) is 0.796. The van der Waals surface area contributed by atoms with Gasteiger partial charge in [-0.1, -0.05) is 36.0 Å². The molecule has 3 aromatic rings. The van der Waals surface area contributed by atoms with Gasteiger partial charge in [-0.05, 0) is 56.9 Å². The topological polar surface area (TPSA) is 61.0 Å². The summed E-state index contributed by atoms with van der Waals surface area (Å²) >= 11 is 1.66. The quantitative estimate of drug-likeness (QED) is 0.472. The average Bonchev–Trinajstić information content (AvgIpc) is 3.06. The van der Waals surface area contributed by atoms with Crippen molar-refractivity contribution in [2.24, 2.45) is 0 Å². The standard InChI is InChI=1S/C20H24N4OS/c1-24(2)13-5-12-21-19(25)16-10-8-15(9-11-16)14-26-20-22-17-6-3-4-7-18(17)23-20/h3-4,6-11H,5,12-14H2,1-2H3,(H,21,25)(H,22,23). The van der Waals surface area contributed by atoms with Crippen molar-refractivity contribution in [1.82, 2.24) is 20.2 Å². The van der Waals surface area contributed by atoms with Crippen LogP contribution in [-0.2, 0) is 5.75 Å². The van der Waals surface area contributed by atoms with Crippen molar-refractivity contribution in [2.75, 3.05) is 27.2 Å². The molecular weight excluding hydrogens is 344 g/mol. The van der Waals surface area contributed by atoms with E-state index in [1.54, 1.807) is 11.8 Å². The number of amides is 1. The van der Waals surface area contributed by atoms with Crippen molar-refractivity contribution in [3.63, 3.8) is 0 Å². The zero-order valence-electron chi connectivity index (χ0n) is 15.2. The van der Waals surface area contributed by atoms with Crippen molar-refractivity contribution in [3.05, 3.63) is 59.7 Å². The van der Waals surface area contributed by atoms with E-state index >= 15 is 0 Å². The monoisotopic (exact) mass is 368 g/mol. The Balaban J connectivity index is 1.50. The van der Waals surface area contributed by atoms with Gasteiger partial charge in [-0.15, -0.1) is 0 Å². The number of aromatic amines is 1. The number of para-hydroxylation sites is 2. The molecule has 0 bridgehead atoms. The van der Waals surface area contributed by atoms with Gasteiger partial charge in [0.25, 0.3) is 5.91 Å². The number of benzene rings is 2. The van der Waals surface area contributed by atoms with Crippen molar-refractivity contribution >= 4 is 28.7 Å². The molecule has 5 nitrogen and oxygen atoms in total. The fourth-order valence-electron chi connectivity index (χ4n) is 2.60. The van der Waals surface area contributed by atoms with Crippen molar-refractivity contribution in [2.45, 2.75) is 17.3 Å². The predicted octanol–water partition coefficient (Wildman–Crippen LogP) is 3.54. The van der Waals surface area contributed by atoms with Gasteiger partial charge in [0.15, 0.2) is 5.16 Å². The van der Waals surface area contributed by atoms with Gasteiger partial charge in [0.2, 0.25) is 0 Å². The smallest absolute Gasteiger partial charge is 0.251 e. The highest BCUT2D eigenvalue weighted by Crippen LogP contribution is 2.23. The lowest BCUT2D eigenvalue weighted by Gasteiger charge is -2.10. The molecule has 6 heteroatoms. The van der Waals surface area contributed by atoms with E-state index < -0.39 is 0 Å². The molecule has 0 saturated carbocycles. The van der Waals surface area contributed by atoms with E-state index in [4.69, 9.17) is 0 Å². The van der Waals surface area contributed by atoms with Gasteiger partial charge in [0, 0.05) is 17.9 Å². The number of rotatable bonds is 8. The molecule has 26 heavy (non-hydrogen) atoms. The Hall–Kier alpha value is -2.31. The van der Waals surface area contributed by atoms with Crippen LogP contribution < -0.4 is 5.32 Å². The first-order valence-electron chi connectivity index (χ1n) is 8.71. The number of carbonyl (C=O) groups is 1. The first kappa shape index (κ1) is 18.5. The Morgan fingerprint density at radius 2 is 1.92 bits per heavy atom. The minimum absolute atomic E-state index is 0.0137.